The van der Waals surface area contributed by atoms with Crippen molar-refractivity contribution in [2.45, 2.75) is 26.2 Å². The van der Waals surface area contributed by atoms with Gasteiger partial charge in [-0.15, -0.1) is 0 Å². The minimum atomic E-state index is -0.810. The Hall–Kier alpha value is -1.07. The van der Waals surface area contributed by atoms with Crippen LogP contribution in [-0.4, -0.2) is 35.0 Å². The Morgan fingerprint density at radius 2 is 2.19 bits per heavy atom. The van der Waals surface area contributed by atoms with Gasteiger partial charge in [-0.2, -0.15) is 0 Å². The summed E-state index contributed by atoms with van der Waals surface area (Å²) >= 11 is 9.21. The Labute approximate surface area is 137 Å². The van der Waals surface area contributed by atoms with Crippen molar-refractivity contribution >= 4 is 39.4 Å². The van der Waals surface area contributed by atoms with E-state index in [0.29, 0.717) is 34.4 Å². The van der Waals surface area contributed by atoms with Gasteiger partial charge in [0.05, 0.1) is 11.0 Å². The Morgan fingerprint density at radius 1 is 1.48 bits per heavy atom. The van der Waals surface area contributed by atoms with Crippen LogP contribution in [0.25, 0.3) is 0 Å². The van der Waals surface area contributed by atoms with Crippen molar-refractivity contribution in [3.63, 3.8) is 0 Å². The second-order valence-electron chi connectivity index (χ2n) is 5.44. The number of carboxylic acids is 1. The molecular formula is C15H17BrClNO3. The van der Waals surface area contributed by atoms with Gasteiger partial charge in [-0.1, -0.05) is 24.9 Å². The fourth-order valence-electron chi connectivity index (χ4n) is 2.84. The third kappa shape index (κ3) is 3.24. The minimum Gasteiger partial charge on any atom is -0.481 e. The second kappa shape index (κ2) is 6.36. The van der Waals surface area contributed by atoms with E-state index in [1.807, 2.05) is 6.92 Å². The standard InChI is InChI=1S/C15H17BrClNO3/c1-2-5-15(14(20)21)6-7-18(9-15)13(19)11-4-3-10(17)8-12(11)16/h3-4,8H,2,5-7,9H2,1H3,(H,20,21). The highest BCUT2D eigenvalue weighted by Gasteiger charge is 2.45. The summed E-state index contributed by atoms with van der Waals surface area (Å²) < 4.78 is 0.628. The molecule has 1 heterocycles. The van der Waals surface area contributed by atoms with Crippen LogP contribution in [0.2, 0.25) is 5.02 Å². The maximum absolute atomic E-state index is 12.6. The number of rotatable bonds is 4. The fraction of sp³-hybridized carbons (Fsp3) is 0.467. The summed E-state index contributed by atoms with van der Waals surface area (Å²) in [6.45, 7) is 2.70. The third-order valence-corrected chi connectivity index (χ3v) is 4.88. The van der Waals surface area contributed by atoms with Crippen LogP contribution in [0.15, 0.2) is 22.7 Å². The van der Waals surface area contributed by atoms with Crippen LogP contribution >= 0.6 is 27.5 Å². The molecule has 0 saturated carbocycles. The molecule has 1 aliphatic heterocycles. The molecule has 1 aromatic rings. The summed E-state index contributed by atoms with van der Waals surface area (Å²) in [5.41, 5.74) is -0.291. The molecule has 0 aliphatic carbocycles. The average Bonchev–Trinajstić information content (AvgIpc) is 2.84. The molecule has 0 radical (unpaired) electrons. The van der Waals surface area contributed by atoms with Crippen molar-refractivity contribution in [1.29, 1.82) is 0 Å². The quantitative estimate of drug-likeness (QED) is 0.871. The van der Waals surface area contributed by atoms with E-state index in [2.05, 4.69) is 15.9 Å². The van der Waals surface area contributed by atoms with Gasteiger partial charge in [0.2, 0.25) is 0 Å². The summed E-state index contributed by atoms with van der Waals surface area (Å²) in [5.74, 6) is -0.965. The maximum Gasteiger partial charge on any atom is 0.311 e. The topological polar surface area (TPSA) is 57.6 Å². The Kier molecular flexibility index (Phi) is 4.94. The number of nitrogens with zero attached hydrogens (tertiary/aromatic N) is 1. The molecule has 1 fully saturated rings. The van der Waals surface area contributed by atoms with Crippen molar-refractivity contribution in [2.75, 3.05) is 13.1 Å². The summed E-state index contributed by atoms with van der Waals surface area (Å²) in [5, 5.41) is 10.0. The van der Waals surface area contributed by atoms with Gasteiger partial charge in [0.15, 0.2) is 0 Å². The number of hydrogen-bond donors (Lipinski definition) is 1. The van der Waals surface area contributed by atoms with Gasteiger partial charge >= 0.3 is 5.97 Å². The zero-order valence-corrected chi connectivity index (χ0v) is 14.1. The lowest BCUT2D eigenvalue weighted by atomic mass is 9.83. The Morgan fingerprint density at radius 3 is 2.76 bits per heavy atom. The van der Waals surface area contributed by atoms with E-state index in [9.17, 15) is 14.7 Å². The largest absolute Gasteiger partial charge is 0.481 e. The van der Waals surface area contributed by atoms with Gasteiger partial charge in [0, 0.05) is 22.6 Å². The van der Waals surface area contributed by atoms with Gasteiger partial charge in [-0.3, -0.25) is 9.59 Å². The first-order chi connectivity index (χ1) is 9.89. The molecule has 1 atom stereocenters. The normalized spacial score (nSPS) is 21.6. The number of hydrogen-bond acceptors (Lipinski definition) is 2. The van der Waals surface area contributed by atoms with Crippen LogP contribution in [-0.2, 0) is 4.79 Å². The number of carbonyl (C=O) groups is 2. The van der Waals surface area contributed by atoms with Crippen LogP contribution in [0.5, 0.6) is 0 Å². The number of carboxylic acid groups (broad SMARTS) is 1. The highest BCUT2D eigenvalue weighted by atomic mass is 79.9. The zero-order chi connectivity index (χ0) is 15.6. The van der Waals surface area contributed by atoms with E-state index < -0.39 is 11.4 Å². The summed E-state index contributed by atoms with van der Waals surface area (Å²) in [4.78, 5) is 25.7. The van der Waals surface area contributed by atoms with Gasteiger partial charge in [0.1, 0.15) is 0 Å². The molecule has 4 nitrogen and oxygen atoms in total. The van der Waals surface area contributed by atoms with E-state index in [1.54, 1.807) is 23.1 Å². The van der Waals surface area contributed by atoms with Crippen molar-refractivity contribution in [3.05, 3.63) is 33.3 Å². The fourth-order valence-corrected chi connectivity index (χ4v) is 3.70. The number of halogens is 2. The first-order valence-corrected chi connectivity index (χ1v) is 8.04. The predicted octanol–water partition coefficient (Wildman–Crippen LogP) is 3.82. The van der Waals surface area contributed by atoms with E-state index in [1.165, 1.54) is 0 Å². The Balaban J connectivity index is 2.20. The van der Waals surface area contributed by atoms with Crippen molar-refractivity contribution in [1.82, 2.24) is 4.90 Å². The number of aliphatic carboxylic acids is 1. The van der Waals surface area contributed by atoms with Gasteiger partial charge in [-0.25, -0.2) is 0 Å². The molecule has 1 N–H and O–H groups in total. The van der Waals surface area contributed by atoms with E-state index in [-0.39, 0.29) is 12.5 Å². The molecule has 1 unspecified atom stereocenters. The van der Waals surface area contributed by atoms with Crippen LogP contribution in [0.4, 0.5) is 0 Å². The first-order valence-electron chi connectivity index (χ1n) is 6.87. The lowest BCUT2D eigenvalue weighted by Crippen LogP contribution is -2.37. The molecular weight excluding hydrogens is 358 g/mol. The molecule has 1 saturated heterocycles. The van der Waals surface area contributed by atoms with Gasteiger partial charge < -0.3 is 10.0 Å². The molecule has 1 aliphatic rings. The zero-order valence-electron chi connectivity index (χ0n) is 11.7. The molecule has 21 heavy (non-hydrogen) atoms. The highest BCUT2D eigenvalue weighted by Crippen LogP contribution is 2.36. The van der Waals surface area contributed by atoms with Gasteiger partial charge in [-0.05, 0) is 47.0 Å². The van der Waals surface area contributed by atoms with E-state index >= 15 is 0 Å². The lowest BCUT2D eigenvalue weighted by Gasteiger charge is -2.24. The molecule has 0 spiro atoms. The Bertz CT molecular complexity index is 578. The van der Waals surface area contributed by atoms with Gasteiger partial charge in [0.25, 0.3) is 5.91 Å². The predicted molar refractivity (Wildman–Crippen MR) is 84.6 cm³/mol. The second-order valence-corrected chi connectivity index (χ2v) is 6.73. The van der Waals surface area contributed by atoms with Crippen LogP contribution in [0, 0.1) is 5.41 Å². The molecule has 0 aromatic heterocycles. The van der Waals surface area contributed by atoms with E-state index in [4.69, 9.17) is 11.6 Å². The van der Waals surface area contributed by atoms with Crippen molar-refractivity contribution < 1.29 is 14.7 Å². The maximum atomic E-state index is 12.6. The smallest absolute Gasteiger partial charge is 0.311 e. The van der Waals surface area contributed by atoms with Crippen molar-refractivity contribution in [3.8, 4) is 0 Å². The summed E-state index contributed by atoms with van der Waals surface area (Å²) in [6.07, 6.45) is 1.89. The number of amides is 1. The van der Waals surface area contributed by atoms with Crippen LogP contribution in [0.1, 0.15) is 36.5 Å². The molecule has 1 amide bonds. The SMILES string of the molecule is CCCC1(C(=O)O)CCN(C(=O)c2ccc(Cl)cc2Br)C1. The molecule has 2 rings (SSSR count). The molecule has 1 aromatic carbocycles. The average molecular weight is 375 g/mol. The number of likely N-dealkylation sites (tertiary alicyclic amines) is 1. The van der Waals surface area contributed by atoms with E-state index in [0.717, 1.165) is 6.42 Å². The third-order valence-electron chi connectivity index (χ3n) is 3.98. The van der Waals surface area contributed by atoms with Crippen LogP contribution < -0.4 is 0 Å². The summed E-state index contributed by atoms with van der Waals surface area (Å²) in [6, 6.07) is 4.99. The first kappa shape index (κ1) is 16.3. The minimum absolute atomic E-state index is 0.155. The number of carbonyl (C=O) groups excluding carboxylic acids is 1. The molecule has 114 valence electrons. The lowest BCUT2D eigenvalue weighted by molar-refractivity contribution is -0.148. The highest BCUT2D eigenvalue weighted by molar-refractivity contribution is 9.10. The van der Waals surface area contributed by atoms with Crippen LogP contribution in [0.3, 0.4) is 0 Å². The molecule has 0 bridgehead atoms. The summed E-state index contributed by atoms with van der Waals surface area (Å²) in [7, 11) is 0. The van der Waals surface area contributed by atoms with Crippen molar-refractivity contribution in [2.24, 2.45) is 5.41 Å². The number of benzene rings is 1. The monoisotopic (exact) mass is 373 g/mol. The molecule has 6 heteroatoms.